The van der Waals surface area contributed by atoms with Gasteiger partial charge in [-0.25, -0.2) is 4.98 Å². The smallest absolute Gasteiger partial charge is 0.238 e. The molecule has 0 unspecified atom stereocenters. The number of aromatic nitrogens is 4. The molecule has 8 aromatic rings. The van der Waals surface area contributed by atoms with Crippen molar-refractivity contribution in [1.29, 1.82) is 0 Å². The minimum atomic E-state index is -0.0815. The zero-order valence-corrected chi connectivity index (χ0v) is 29.5. The van der Waals surface area contributed by atoms with Crippen molar-refractivity contribution >= 4 is 32.6 Å². The molecular formula is C46H40N4. The number of benzene rings is 6. The van der Waals surface area contributed by atoms with E-state index >= 15 is 0 Å². The number of nitrogens with zero attached hydrogens (tertiary/aromatic N) is 4. The van der Waals surface area contributed by atoms with E-state index in [4.69, 9.17) is 15.0 Å². The van der Waals surface area contributed by atoms with Gasteiger partial charge in [-0.3, -0.25) is 4.57 Å². The number of fused-ring (bicyclic) bond motifs is 6. The van der Waals surface area contributed by atoms with Crippen molar-refractivity contribution in [3.05, 3.63) is 145 Å². The Labute approximate surface area is 293 Å². The van der Waals surface area contributed by atoms with Crippen LogP contribution >= 0.6 is 0 Å². The molecule has 6 aromatic carbocycles. The summed E-state index contributed by atoms with van der Waals surface area (Å²) in [5.41, 5.74) is 9.03. The molecule has 0 saturated heterocycles. The molecule has 244 valence electrons. The lowest BCUT2D eigenvalue weighted by molar-refractivity contribution is 0.125. The summed E-state index contributed by atoms with van der Waals surface area (Å²) >= 11 is 0. The lowest BCUT2D eigenvalue weighted by Gasteiger charge is -2.44. The van der Waals surface area contributed by atoms with Crippen molar-refractivity contribution in [3.63, 3.8) is 0 Å². The maximum Gasteiger partial charge on any atom is 0.238 e. The van der Waals surface area contributed by atoms with Crippen LogP contribution in [0.3, 0.4) is 0 Å². The minimum absolute atomic E-state index is 0.0140. The lowest BCUT2D eigenvalue weighted by atomic mass is 9.59. The molecular weight excluding hydrogens is 609 g/mol. The monoisotopic (exact) mass is 648 g/mol. The topological polar surface area (TPSA) is 43.6 Å². The standard InChI is InChI=1S/C46H40N4/c1-44(2)36-27-34(29-17-9-7-10-18-29)35(28-37(36)45(3,4)46(44,5)6)42-47-41(31-20-11-8-12-21-31)48-43(49-42)50-38-24-16-15-23-33(38)40-32-22-14-13-19-30(32)25-26-39(40)50/h7-28H,1-6H3. The van der Waals surface area contributed by atoms with Crippen molar-refractivity contribution in [2.45, 2.75) is 52.4 Å². The highest BCUT2D eigenvalue weighted by Crippen LogP contribution is 2.62. The third-order valence-electron chi connectivity index (χ3n) is 12.4. The summed E-state index contributed by atoms with van der Waals surface area (Å²) in [5.74, 6) is 1.92. The highest BCUT2D eigenvalue weighted by Gasteiger charge is 2.57. The molecule has 2 aromatic heterocycles. The second kappa shape index (κ2) is 10.7. The summed E-state index contributed by atoms with van der Waals surface area (Å²) in [6.45, 7) is 14.4. The summed E-state index contributed by atoms with van der Waals surface area (Å²) in [7, 11) is 0. The average molecular weight is 649 g/mol. The SMILES string of the molecule is CC1(C)c2cc(-c3ccccc3)c(-c3nc(-c4ccccc4)nc(-n4c5ccccc5c5c6ccccc6ccc54)n3)cc2C(C)(C)C1(C)C. The summed E-state index contributed by atoms with van der Waals surface area (Å²) in [6, 6.07) is 47.4. The quantitative estimate of drug-likeness (QED) is 0.191. The largest absolute Gasteiger partial charge is 0.278 e. The van der Waals surface area contributed by atoms with Crippen LogP contribution in [0.25, 0.3) is 72.4 Å². The van der Waals surface area contributed by atoms with Gasteiger partial charge in [-0.05, 0) is 73.5 Å². The molecule has 1 aliphatic carbocycles. The molecule has 1 aliphatic rings. The first kappa shape index (κ1) is 30.4. The first-order valence-electron chi connectivity index (χ1n) is 17.6. The van der Waals surface area contributed by atoms with Crippen molar-refractivity contribution in [1.82, 2.24) is 19.5 Å². The predicted molar refractivity (Wildman–Crippen MR) is 208 cm³/mol. The van der Waals surface area contributed by atoms with Gasteiger partial charge in [-0.2, -0.15) is 9.97 Å². The van der Waals surface area contributed by atoms with Gasteiger partial charge >= 0.3 is 0 Å². The van der Waals surface area contributed by atoms with E-state index in [9.17, 15) is 0 Å². The average Bonchev–Trinajstić information content (AvgIpc) is 3.53. The second-order valence-electron chi connectivity index (χ2n) is 15.4. The Morgan fingerprint density at radius 1 is 0.460 bits per heavy atom. The van der Waals surface area contributed by atoms with E-state index in [-0.39, 0.29) is 16.2 Å². The minimum Gasteiger partial charge on any atom is -0.278 e. The van der Waals surface area contributed by atoms with Crippen LogP contribution in [0.15, 0.2) is 133 Å². The number of hydrogen-bond acceptors (Lipinski definition) is 3. The maximum absolute atomic E-state index is 5.42. The number of hydrogen-bond donors (Lipinski definition) is 0. The van der Waals surface area contributed by atoms with Crippen LogP contribution in [0.2, 0.25) is 0 Å². The fraction of sp³-hybridized carbons (Fsp3) is 0.196. The zero-order chi connectivity index (χ0) is 34.4. The van der Waals surface area contributed by atoms with E-state index in [1.807, 2.05) is 18.2 Å². The molecule has 0 aliphatic heterocycles. The second-order valence-corrected chi connectivity index (χ2v) is 15.4. The van der Waals surface area contributed by atoms with Gasteiger partial charge < -0.3 is 0 Å². The molecule has 0 spiro atoms. The Morgan fingerprint density at radius 2 is 1.02 bits per heavy atom. The molecule has 0 amide bonds. The maximum atomic E-state index is 5.42. The van der Waals surface area contributed by atoms with Gasteiger partial charge in [0, 0.05) is 21.9 Å². The Hall–Kier alpha value is -5.61. The summed E-state index contributed by atoms with van der Waals surface area (Å²) in [6.07, 6.45) is 0. The van der Waals surface area contributed by atoms with Crippen molar-refractivity contribution in [3.8, 4) is 39.9 Å². The van der Waals surface area contributed by atoms with E-state index in [1.54, 1.807) is 0 Å². The van der Waals surface area contributed by atoms with Crippen molar-refractivity contribution in [2.24, 2.45) is 5.41 Å². The molecule has 0 bridgehead atoms. The van der Waals surface area contributed by atoms with Crippen LogP contribution in [0.5, 0.6) is 0 Å². The highest BCUT2D eigenvalue weighted by molar-refractivity contribution is 6.21. The van der Waals surface area contributed by atoms with E-state index in [0.717, 1.165) is 33.3 Å². The molecule has 50 heavy (non-hydrogen) atoms. The van der Waals surface area contributed by atoms with Crippen LogP contribution in [-0.4, -0.2) is 19.5 Å². The predicted octanol–water partition coefficient (Wildman–Crippen LogP) is 11.7. The van der Waals surface area contributed by atoms with Gasteiger partial charge in [0.05, 0.1) is 11.0 Å². The zero-order valence-electron chi connectivity index (χ0n) is 29.5. The van der Waals surface area contributed by atoms with E-state index < -0.39 is 0 Å². The molecule has 0 atom stereocenters. The Morgan fingerprint density at radius 3 is 1.72 bits per heavy atom. The van der Waals surface area contributed by atoms with Gasteiger partial charge in [-0.15, -0.1) is 0 Å². The molecule has 0 N–H and O–H groups in total. The fourth-order valence-electron chi connectivity index (χ4n) is 8.39. The third kappa shape index (κ3) is 4.21. The van der Waals surface area contributed by atoms with Crippen LogP contribution in [0.4, 0.5) is 0 Å². The molecule has 0 radical (unpaired) electrons. The third-order valence-corrected chi connectivity index (χ3v) is 12.4. The molecule has 2 heterocycles. The van der Waals surface area contributed by atoms with Gasteiger partial charge in [0.1, 0.15) is 0 Å². The summed E-state index contributed by atoms with van der Waals surface area (Å²) in [4.78, 5) is 16.0. The van der Waals surface area contributed by atoms with Gasteiger partial charge in [0.25, 0.3) is 0 Å². The van der Waals surface area contributed by atoms with E-state index in [1.165, 1.54) is 32.7 Å². The highest BCUT2D eigenvalue weighted by atomic mass is 15.2. The normalized spacial score (nSPS) is 15.9. The molecule has 4 heteroatoms. The number of para-hydroxylation sites is 1. The summed E-state index contributed by atoms with van der Waals surface area (Å²) < 4.78 is 2.22. The first-order valence-corrected chi connectivity index (χ1v) is 17.6. The molecule has 0 saturated carbocycles. The van der Waals surface area contributed by atoms with Crippen LogP contribution in [-0.2, 0) is 10.8 Å². The van der Waals surface area contributed by atoms with Crippen molar-refractivity contribution in [2.75, 3.05) is 0 Å². The summed E-state index contributed by atoms with van der Waals surface area (Å²) in [5, 5.41) is 4.81. The van der Waals surface area contributed by atoms with Crippen LogP contribution in [0, 0.1) is 5.41 Å². The van der Waals surface area contributed by atoms with E-state index in [2.05, 4.69) is 161 Å². The van der Waals surface area contributed by atoms with Crippen molar-refractivity contribution < 1.29 is 0 Å². The Kier molecular flexibility index (Phi) is 6.51. The van der Waals surface area contributed by atoms with Crippen LogP contribution < -0.4 is 0 Å². The van der Waals surface area contributed by atoms with Gasteiger partial charge in [-0.1, -0.05) is 151 Å². The Balaban J connectivity index is 1.39. The van der Waals surface area contributed by atoms with E-state index in [0.29, 0.717) is 17.6 Å². The van der Waals surface area contributed by atoms with Gasteiger partial charge in [0.2, 0.25) is 5.95 Å². The van der Waals surface area contributed by atoms with Crippen LogP contribution in [0.1, 0.15) is 52.7 Å². The fourth-order valence-corrected chi connectivity index (χ4v) is 8.39. The molecule has 0 fully saturated rings. The Bertz CT molecular complexity index is 2610. The first-order chi connectivity index (χ1) is 24.1. The lowest BCUT2D eigenvalue weighted by Crippen LogP contribution is -2.42. The van der Waals surface area contributed by atoms with Gasteiger partial charge in [0.15, 0.2) is 11.6 Å². The molecule has 4 nitrogen and oxygen atoms in total. The molecule has 9 rings (SSSR count). The number of rotatable bonds is 4.